The molecule has 0 saturated heterocycles. The van der Waals surface area contributed by atoms with Gasteiger partial charge < -0.3 is 4.90 Å². The van der Waals surface area contributed by atoms with E-state index in [1.807, 2.05) is 41.3 Å². The molecule has 0 aliphatic carbocycles. The topological polar surface area (TPSA) is 63.9 Å². The molecule has 0 radical (unpaired) electrons. The Balaban J connectivity index is 1.59. The monoisotopic (exact) mass is 305 g/mol. The van der Waals surface area contributed by atoms with Gasteiger partial charge in [-0.25, -0.2) is 4.68 Å². The SMILES string of the molecule is O=C(c1cccc(-n2cnnn2)c1)N1CCc2ccccc2C1. The second-order valence-electron chi connectivity index (χ2n) is 5.55. The van der Waals surface area contributed by atoms with E-state index in [-0.39, 0.29) is 5.91 Å². The fourth-order valence-corrected chi connectivity index (χ4v) is 2.91. The third-order valence-corrected chi connectivity index (χ3v) is 4.12. The first kappa shape index (κ1) is 13.6. The largest absolute Gasteiger partial charge is 0.334 e. The lowest BCUT2D eigenvalue weighted by atomic mass is 9.99. The number of rotatable bonds is 2. The normalized spacial score (nSPS) is 13.7. The minimum Gasteiger partial charge on any atom is -0.334 e. The minimum absolute atomic E-state index is 0.0365. The Hall–Kier alpha value is -3.02. The summed E-state index contributed by atoms with van der Waals surface area (Å²) in [6.07, 6.45) is 2.41. The minimum atomic E-state index is 0.0365. The Morgan fingerprint density at radius 1 is 1.04 bits per heavy atom. The molecule has 6 heteroatoms. The van der Waals surface area contributed by atoms with Gasteiger partial charge in [0.15, 0.2) is 0 Å². The average molecular weight is 305 g/mol. The van der Waals surface area contributed by atoms with Gasteiger partial charge in [-0.3, -0.25) is 4.79 Å². The van der Waals surface area contributed by atoms with Gasteiger partial charge in [-0.1, -0.05) is 30.3 Å². The van der Waals surface area contributed by atoms with Crippen LogP contribution in [0.25, 0.3) is 5.69 Å². The van der Waals surface area contributed by atoms with Gasteiger partial charge in [-0.2, -0.15) is 0 Å². The van der Waals surface area contributed by atoms with Crippen LogP contribution in [-0.2, 0) is 13.0 Å². The number of fused-ring (bicyclic) bond motifs is 1. The Morgan fingerprint density at radius 3 is 2.74 bits per heavy atom. The number of hydrogen-bond acceptors (Lipinski definition) is 4. The van der Waals surface area contributed by atoms with E-state index in [0.29, 0.717) is 12.1 Å². The molecule has 2 heterocycles. The van der Waals surface area contributed by atoms with Crippen molar-refractivity contribution in [3.63, 3.8) is 0 Å². The molecule has 0 spiro atoms. The summed E-state index contributed by atoms with van der Waals surface area (Å²) in [6.45, 7) is 1.40. The average Bonchev–Trinajstić information content (AvgIpc) is 3.15. The maximum Gasteiger partial charge on any atom is 0.254 e. The van der Waals surface area contributed by atoms with Crippen LogP contribution >= 0.6 is 0 Å². The van der Waals surface area contributed by atoms with Crippen molar-refractivity contribution in [1.82, 2.24) is 25.1 Å². The van der Waals surface area contributed by atoms with E-state index in [0.717, 1.165) is 18.7 Å². The number of tetrazole rings is 1. The van der Waals surface area contributed by atoms with Crippen molar-refractivity contribution in [2.75, 3.05) is 6.54 Å². The Bertz CT molecular complexity index is 844. The van der Waals surface area contributed by atoms with Crippen LogP contribution in [0.4, 0.5) is 0 Å². The molecular formula is C17H15N5O. The molecule has 1 aliphatic heterocycles. The van der Waals surface area contributed by atoms with E-state index in [4.69, 9.17) is 0 Å². The summed E-state index contributed by atoms with van der Waals surface area (Å²) in [5.41, 5.74) is 3.98. The van der Waals surface area contributed by atoms with Gasteiger partial charge in [0.25, 0.3) is 5.91 Å². The summed E-state index contributed by atoms with van der Waals surface area (Å²) in [7, 11) is 0. The molecule has 1 amide bonds. The van der Waals surface area contributed by atoms with Crippen LogP contribution < -0.4 is 0 Å². The summed E-state index contributed by atoms with van der Waals surface area (Å²) in [5.74, 6) is 0.0365. The van der Waals surface area contributed by atoms with Gasteiger partial charge in [-0.15, -0.1) is 5.10 Å². The number of carbonyl (C=O) groups is 1. The van der Waals surface area contributed by atoms with Crippen LogP contribution in [0.1, 0.15) is 21.5 Å². The first-order chi connectivity index (χ1) is 11.3. The first-order valence-corrected chi connectivity index (χ1v) is 7.51. The molecule has 1 aromatic heterocycles. The van der Waals surface area contributed by atoms with Crippen molar-refractivity contribution in [3.8, 4) is 5.69 Å². The first-order valence-electron chi connectivity index (χ1n) is 7.51. The quantitative estimate of drug-likeness (QED) is 0.725. The Kier molecular flexibility index (Phi) is 3.34. The molecule has 114 valence electrons. The van der Waals surface area contributed by atoms with Gasteiger partial charge in [0.2, 0.25) is 0 Å². The highest BCUT2D eigenvalue weighted by molar-refractivity contribution is 5.94. The molecule has 3 aromatic rings. The molecular weight excluding hydrogens is 290 g/mol. The third kappa shape index (κ3) is 2.59. The summed E-state index contributed by atoms with van der Waals surface area (Å²) >= 11 is 0. The van der Waals surface area contributed by atoms with Gasteiger partial charge in [-0.05, 0) is 46.2 Å². The van der Waals surface area contributed by atoms with Crippen molar-refractivity contribution in [2.24, 2.45) is 0 Å². The van der Waals surface area contributed by atoms with E-state index < -0.39 is 0 Å². The van der Waals surface area contributed by atoms with E-state index >= 15 is 0 Å². The van der Waals surface area contributed by atoms with Crippen molar-refractivity contribution >= 4 is 5.91 Å². The van der Waals surface area contributed by atoms with E-state index in [1.54, 1.807) is 4.68 Å². The molecule has 0 fully saturated rings. The molecule has 0 bridgehead atoms. The zero-order valence-corrected chi connectivity index (χ0v) is 12.5. The predicted octanol–water partition coefficient (Wildman–Crippen LogP) is 1.86. The lowest BCUT2D eigenvalue weighted by molar-refractivity contribution is 0.0734. The molecule has 1 aliphatic rings. The van der Waals surface area contributed by atoms with Crippen LogP contribution in [0.15, 0.2) is 54.9 Å². The van der Waals surface area contributed by atoms with Gasteiger partial charge in [0.05, 0.1) is 5.69 Å². The third-order valence-electron chi connectivity index (χ3n) is 4.12. The fourth-order valence-electron chi connectivity index (χ4n) is 2.91. The predicted molar refractivity (Wildman–Crippen MR) is 84.0 cm³/mol. The zero-order valence-electron chi connectivity index (χ0n) is 12.5. The maximum atomic E-state index is 12.8. The van der Waals surface area contributed by atoms with Gasteiger partial charge in [0.1, 0.15) is 6.33 Å². The van der Waals surface area contributed by atoms with Crippen LogP contribution in [0.2, 0.25) is 0 Å². The second kappa shape index (κ2) is 5.64. The highest BCUT2D eigenvalue weighted by Gasteiger charge is 2.21. The number of benzene rings is 2. The zero-order chi connectivity index (χ0) is 15.6. The molecule has 4 rings (SSSR count). The lowest BCUT2D eigenvalue weighted by Crippen LogP contribution is -2.35. The number of aromatic nitrogens is 4. The van der Waals surface area contributed by atoms with Crippen LogP contribution in [0.5, 0.6) is 0 Å². The van der Waals surface area contributed by atoms with Crippen molar-refractivity contribution in [1.29, 1.82) is 0 Å². The standard InChI is InChI=1S/C17H15N5O/c23-17(21-9-8-13-4-1-2-5-15(13)11-21)14-6-3-7-16(10-14)22-12-18-19-20-22/h1-7,10,12H,8-9,11H2. The maximum absolute atomic E-state index is 12.8. The van der Waals surface area contributed by atoms with E-state index in [1.165, 1.54) is 17.5 Å². The Morgan fingerprint density at radius 2 is 1.91 bits per heavy atom. The lowest BCUT2D eigenvalue weighted by Gasteiger charge is -2.29. The van der Waals surface area contributed by atoms with Crippen molar-refractivity contribution < 1.29 is 4.79 Å². The number of carbonyl (C=O) groups excluding carboxylic acids is 1. The molecule has 2 aromatic carbocycles. The van der Waals surface area contributed by atoms with Gasteiger partial charge in [0, 0.05) is 18.7 Å². The molecule has 23 heavy (non-hydrogen) atoms. The smallest absolute Gasteiger partial charge is 0.254 e. The van der Waals surface area contributed by atoms with Crippen LogP contribution in [0.3, 0.4) is 0 Å². The summed E-state index contributed by atoms with van der Waals surface area (Å²) in [5, 5.41) is 11.1. The van der Waals surface area contributed by atoms with E-state index in [2.05, 4.69) is 27.7 Å². The van der Waals surface area contributed by atoms with Crippen LogP contribution in [0, 0.1) is 0 Å². The Labute approximate surface area is 133 Å². The summed E-state index contributed by atoms with van der Waals surface area (Å²) in [4.78, 5) is 14.7. The molecule has 6 nitrogen and oxygen atoms in total. The highest BCUT2D eigenvalue weighted by atomic mass is 16.2. The van der Waals surface area contributed by atoms with E-state index in [9.17, 15) is 4.79 Å². The summed E-state index contributed by atoms with van der Waals surface area (Å²) in [6, 6.07) is 15.7. The molecule has 0 unspecified atom stereocenters. The van der Waals surface area contributed by atoms with Crippen molar-refractivity contribution in [2.45, 2.75) is 13.0 Å². The summed E-state index contributed by atoms with van der Waals surface area (Å²) < 4.78 is 1.54. The van der Waals surface area contributed by atoms with Gasteiger partial charge >= 0.3 is 0 Å². The van der Waals surface area contributed by atoms with Crippen LogP contribution in [-0.4, -0.2) is 37.6 Å². The second-order valence-corrected chi connectivity index (χ2v) is 5.55. The number of amides is 1. The molecule has 0 atom stereocenters. The number of nitrogens with zero attached hydrogens (tertiary/aromatic N) is 5. The molecule has 0 saturated carbocycles. The molecule has 0 N–H and O–H groups in total. The fraction of sp³-hybridized carbons (Fsp3) is 0.176. The number of hydrogen-bond donors (Lipinski definition) is 0. The highest BCUT2D eigenvalue weighted by Crippen LogP contribution is 2.21. The van der Waals surface area contributed by atoms with Crippen molar-refractivity contribution in [3.05, 3.63) is 71.5 Å².